The molecule has 47 heavy (non-hydrogen) atoms. The van der Waals surface area contributed by atoms with E-state index in [1.54, 1.807) is 13.8 Å². The van der Waals surface area contributed by atoms with Crippen LogP contribution in [0, 0.1) is 56.7 Å². The molecule has 0 aliphatic heterocycles. The second kappa shape index (κ2) is 11.9. The summed E-state index contributed by atoms with van der Waals surface area (Å²) in [7, 11) is 4.16. The Morgan fingerprint density at radius 3 is 2.19 bits per heavy atom. The zero-order valence-electron chi connectivity index (χ0n) is 31.0. The molecule has 0 saturated heterocycles. The van der Waals surface area contributed by atoms with Crippen molar-refractivity contribution < 1.29 is 23.6 Å². The van der Waals surface area contributed by atoms with Crippen LogP contribution < -0.4 is 9.47 Å². The third-order valence-electron chi connectivity index (χ3n) is 15.7. The molecule has 6 nitrogen and oxygen atoms in total. The van der Waals surface area contributed by atoms with Crippen LogP contribution >= 0.6 is 0 Å². The van der Waals surface area contributed by atoms with Gasteiger partial charge in [0.25, 0.3) is 0 Å². The standard InChI is InChI=1S/C41H63N2O4/c1-27(25-43-23-16-30(17-24-43)42(9)10)31-13-20-41(26-46-28(2)44)22-21-39(7)32(36(31)41)11-12-34-38(6)18-15-35(47-29(3)45)37(4,5)33(38)14-19-40(34,39)8/h16-17,23-24,31-36H,1,11-15,18-22,25-26H2,2-10H3/q+1/t31-,32?,33?,34?,35+,36?,38-,39+,40+,41+/m0/s1. The molecule has 1 heterocycles. The van der Waals surface area contributed by atoms with E-state index in [2.05, 4.69) is 82.7 Å². The number of carbonyl (C=O) groups excluding carboxylic acids is 2. The smallest absolute Gasteiger partial charge is 0.302 e. The molecule has 5 aliphatic rings. The normalized spacial score (nSPS) is 41.8. The molecule has 6 heteroatoms. The van der Waals surface area contributed by atoms with Crippen LogP contribution in [-0.2, 0) is 25.6 Å². The van der Waals surface area contributed by atoms with Crippen molar-refractivity contribution in [2.24, 2.45) is 56.7 Å². The number of aromatic nitrogens is 1. The van der Waals surface area contributed by atoms with Crippen molar-refractivity contribution in [2.75, 3.05) is 25.6 Å². The fourth-order valence-electron chi connectivity index (χ4n) is 13.3. The molecule has 1 aromatic heterocycles. The Morgan fingerprint density at radius 2 is 1.55 bits per heavy atom. The largest absolute Gasteiger partial charge is 0.465 e. The summed E-state index contributed by atoms with van der Waals surface area (Å²) in [6, 6.07) is 4.37. The van der Waals surface area contributed by atoms with Gasteiger partial charge < -0.3 is 14.4 Å². The fourth-order valence-corrected chi connectivity index (χ4v) is 13.3. The third-order valence-corrected chi connectivity index (χ3v) is 15.7. The Kier molecular flexibility index (Phi) is 8.73. The number of carbonyl (C=O) groups is 2. The van der Waals surface area contributed by atoms with E-state index in [-0.39, 0.29) is 45.1 Å². The van der Waals surface area contributed by atoms with Crippen molar-refractivity contribution in [1.82, 2.24) is 0 Å². The maximum atomic E-state index is 12.2. The summed E-state index contributed by atoms with van der Waals surface area (Å²) in [6.07, 6.45) is 16.1. The van der Waals surface area contributed by atoms with Crippen LogP contribution in [0.5, 0.6) is 0 Å². The number of anilines is 1. The highest BCUT2D eigenvalue weighted by Crippen LogP contribution is 2.77. The fraction of sp³-hybridized carbons (Fsp3) is 0.780. The lowest BCUT2D eigenvalue weighted by atomic mass is 9.32. The molecule has 5 aliphatic carbocycles. The van der Waals surface area contributed by atoms with Crippen LogP contribution in [-0.4, -0.2) is 38.7 Å². The number of rotatable bonds is 7. The first-order valence-electron chi connectivity index (χ1n) is 18.6. The number of allylic oxidation sites excluding steroid dienone is 1. The lowest BCUT2D eigenvalue weighted by Gasteiger charge is -2.73. The van der Waals surface area contributed by atoms with E-state index in [9.17, 15) is 9.59 Å². The maximum absolute atomic E-state index is 12.2. The van der Waals surface area contributed by atoms with Crippen LogP contribution in [0.1, 0.15) is 113 Å². The van der Waals surface area contributed by atoms with Gasteiger partial charge in [0.15, 0.2) is 18.9 Å². The lowest BCUT2D eigenvalue weighted by Crippen LogP contribution is -2.67. The van der Waals surface area contributed by atoms with Gasteiger partial charge in [0.05, 0.1) is 6.61 Å². The van der Waals surface area contributed by atoms with Crippen LogP contribution in [0.15, 0.2) is 36.7 Å². The number of ether oxygens (including phenoxy) is 2. The molecule has 1 aromatic rings. The van der Waals surface area contributed by atoms with Crippen molar-refractivity contribution in [3.05, 3.63) is 36.7 Å². The van der Waals surface area contributed by atoms with Gasteiger partial charge in [0.1, 0.15) is 6.10 Å². The van der Waals surface area contributed by atoms with Crippen molar-refractivity contribution in [3.63, 3.8) is 0 Å². The van der Waals surface area contributed by atoms with E-state index in [0.29, 0.717) is 36.2 Å². The average Bonchev–Trinajstić information content (AvgIpc) is 3.38. The van der Waals surface area contributed by atoms with Crippen molar-refractivity contribution in [3.8, 4) is 0 Å². The van der Waals surface area contributed by atoms with E-state index in [0.717, 1.165) is 38.6 Å². The second-order valence-corrected chi connectivity index (χ2v) is 18.2. The van der Waals surface area contributed by atoms with E-state index in [1.807, 2.05) is 0 Å². The van der Waals surface area contributed by atoms with Gasteiger partial charge in [-0.3, -0.25) is 9.59 Å². The predicted octanol–water partition coefficient (Wildman–Crippen LogP) is 8.17. The van der Waals surface area contributed by atoms with E-state index >= 15 is 0 Å². The maximum Gasteiger partial charge on any atom is 0.302 e. The van der Waals surface area contributed by atoms with E-state index < -0.39 is 0 Å². The quantitative estimate of drug-likeness (QED) is 0.170. The Balaban J connectivity index is 1.31. The first kappa shape index (κ1) is 34.5. The molecule has 6 rings (SSSR count). The second-order valence-electron chi connectivity index (χ2n) is 18.2. The molecule has 0 bridgehead atoms. The van der Waals surface area contributed by atoms with Gasteiger partial charge >= 0.3 is 11.9 Å². The van der Waals surface area contributed by atoms with Gasteiger partial charge in [-0.1, -0.05) is 41.2 Å². The highest BCUT2D eigenvalue weighted by Gasteiger charge is 2.71. The molecule has 5 saturated carbocycles. The summed E-state index contributed by atoms with van der Waals surface area (Å²) < 4.78 is 14.2. The van der Waals surface area contributed by atoms with Gasteiger partial charge in [-0.05, 0) is 116 Å². The average molecular weight is 648 g/mol. The molecule has 0 amide bonds. The molecule has 5 fully saturated rings. The number of pyridine rings is 1. The molecule has 0 spiro atoms. The summed E-state index contributed by atoms with van der Waals surface area (Å²) in [6.45, 7) is 22.0. The van der Waals surface area contributed by atoms with Gasteiger partial charge in [0.2, 0.25) is 0 Å². The first-order valence-corrected chi connectivity index (χ1v) is 18.6. The highest BCUT2D eigenvalue weighted by molar-refractivity contribution is 5.66. The number of nitrogens with zero attached hydrogens (tertiary/aromatic N) is 2. The predicted molar refractivity (Wildman–Crippen MR) is 186 cm³/mol. The highest BCUT2D eigenvalue weighted by atomic mass is 16.5. The Labute approximate surface area is 285 Å². The molecule has 0 N–H and O–H groups in total. The minimum absolute atomic E-state index is 0.00754. The summed E-state index contributed by atoms with van der Waals surface area (Å²) in [5, 5.41) is 0. The minimum atomic E-state index is -0.154. The summed E-state index contributed by atoms with van der Waals surface area (Å²) >= 11 is 0. The zero-order chi connectivity index (χ0) is 34.2. The molecular weight excluding hydrogens is 584 g/mol. The van der Waals surface area contributed by atoms with Gasteiger partial charge in [-0.25, -0.2) is 4.57 Å². The topological polar surface area (TPSA) is 59.7 Å². The van der Waals surface area contributed by atoms with E-state index in [4.69, 9.17) is 16.1 Å². The Bertz CT molecular complexity index is 1390. The number of hydrogen-bond donors (Lipinski definition) is 0. The molecule has 10 atom stereocenters. The summed E-state index contributed by atoms with van der Waals surface area (Å²) in [5.41, 5.74) is 3.24. The number of fused-ring (bicyclic) bond motifs is 7. The molecule has 4 unspecified atom stereocenters. The van der Waals surface area contributed by atoms with Crippen LogP contribution in [0.4, 0.5) is 5.69 Å². The zero-order valence-corrected chi connectivity index (χ0v) is 31.0. The molecule has 260 valence electrons. The van der Waals surface area contributed by atoms with Gasteiger partial charge in [-0.15, -0.1) is 0 Å². The van der Waals surface area contributed by atoms with Crippen LogP contribution in [0.25, 0.3) is 0 Å². The van der Waals surface area contributed by atoms with E-state index in [1.165, 1.54) is 43.4 Å². The minimum Gasteiger partial charge on any atom is -0.465 e. The Morgan fingerprint density at radius 1 is 0.851 bits per heavy atom. The van der Waals surface area contributed by atoms with Gasteiger partial charge in [-0.2, -0.15) is 0 Å². The monoisotopic (exact) mass is 647 g/mol. The summed E-state index contributed by atoms with van der Waals surface area (Å²) in [4.78, 5) is 26.4. The van der Waals surface area contributed by atoms with Crippen molar-refractivity contribution >= 4 is 17.6 Å². The molecule has 0 radical (unpaired) electrons. The van der Waals surface area contributed by atoms with Crippen molar-refractivity contribution in [2.45, 2.75) is 125 Å². The first-order chi connectivity index (χ1) is 22.0. The van der Waals surface area contributed by atoms with Gasteiger partial charge in [0, 0.05) is 56.6 Å². The third kappa shape index (κ3) is 5.37. The van der Waals surface area contributed by atoms with Crippen molar-refractivity contribution in [1.29, 1.82) is 0 Å². The number of hydrogen-bond acceptors (Lipinski definition) is 5. The Hall–Kier alpha value is -2.37. The SMILES string of the molecule is C=C(C[n+]1ccc(N(C)C)cc1)[C@@H]1CC[C@]2(COC(C)=O)CC[C@]3(C)C(CCC4[C@@]5(C)CC[C@@H](OC(C)=O)C(C)(C)C5CC[C@]43C)C12. The van der Waals surface area contributed by atoms with Crippen LogP contribution in [0.3, 0.4) is 0 Å². The summed E-state index contributed by atoms with van der Waals surface area (Å²) in [5.74, 6) is 2.41. The van der Waals surface area contributed by atoms with Crippen LogP contribution in [0.2, 0.25) is 0 Å². The molecular formula is C41H63N2O4+. The lowest BCUT2D eigenvalue weighted by molar-refractivity contribution is -0.689. The molecule has 0 aromatic carbocycles. The number of esters is 2.